The molecule has 2 rings (SSSR count). The monoisotopic (exact) mass is 280 g/mol. The number of hydrogen-bond acceptors (Lipinski definition) is 2. The summed E-state index contributed by atoms with van der Waals surface area (Å²) >= 11 is 5.95. The first-order valence-corrected chi connectivity index (χ1v) is 7.71. The van der Waals surface area contributed by atoms with Crippen molar-refractivity contribution in [2.45, 2.75) is 39.3 Å². The minimum absolute atomic E-state index is 0.672. The van der Waals surface area contributed by atoms with Crippen molar-refractivity contribution in [3.05, 3.63) is 34.9 Å². The van der Waals surface area contributed by atoms with Crippen molar-refractivity contribution in [2.24, 2.45) is 5.92 Å². The number of nitrogens with zero attached hydrogens (tertiary/aromatic N) is 1. The minimum atomic E-state index is 0.672. The quantitative estimate of drug-likeness (QED) is 0.857. The molecule has 1 saturated heterocycles. The first-order valence-electron chi connectivity index (χ1n) is 7.33. The summed E-state index contributed by atoms with van der Waals surface area (Å²) in [6.45, 7) is 9.09. The Labute approximate surface area is 122 Å². The van der Waals surface area contributed by atoms with Gasteiger partial charge in [-0.05, 0) is 43.0 Å². The van der Waals surface area contributed by atoms with E-state index in [1.165, 1.54) is 24.9 Å². The highest BCUT2D eigenvalue weighted by atomic mass is 35.5. The number of rotatable bonds is 6. The molecule has 0 bridgehead atoms. The maximum absolute atomic E-state index is 5.95. The summed E-state index contributed by atoms with van der Waals surface area (Å²) in [6.07, 6.45) is 2.64. The van der Waals surface area contributed by atoms with Crippen LogP contribution in [0.5, 0.6) is 0 Å². The molecule has 1 aromatic carbocycles. The lowest BCUT2D eigenvalue weighted by molar-refractivity contribution is 0.216. The molecule has 1 aromatic rings. The Morgan fingerprint density at radius 2 is 2.05 bits per heavy atom. The van der Waals surface area contributed by atoms with Crippen LogP contribution in [0.3, 0.4) is 0 Å². The largest absolute Gasteiger partial charge is 0.313 e. The molecule has 1 fully saturated rings. The summed E-state index contributed by atoms with van der Waals surface area (Å²) in [5.74, 6) is 0.703. The highest BCUT2D eigenvalue weighted by molar-refractivity contribution is 6.30. The first kappa shape index (κ1) is 14.8. The summed E-state index contributed by atoms with van der Waals surface area (Å²) in [6, 6.07) is 8.91. The molecule has 1 N–H and O–H groups in total. The molecule has 2 nitrogen and oxygen atoms in total. The molecule has 1 atom stereocenters. The van der Waals surface area contributed by atoms with E-state index in [2.05, 4.69) is 36.2 Å². The lowest BCUT2D eigenvalue weighted by Crippen LogP contribution is -2.38. The molecular weight excluding hydrogens is 256 g/mol. The summed E-state index contributed by atoms with van der Waals surface area (Å²) in [5, 5.41) is 4.41. The zero-order chi connectivity index (χ0) is 13.7. The van der Waals surface area contributed by atoms with Gasteiger partial charge in [0, 0.05) is 30.7 Å². The van der Waals surface area contributed by atoms with Crippen LogP contribution in [0.1, 0.15) is 32.3 Å². The molecule has 0 radical (unpaired) electrons. The second kappa shape index (κ2) is 7.28. The molecule has 0 aliphatic carbocycles. The van der Waals surface area contributed by atoms with Gasteiger partial charge in [0.2, 0.25) is 0 Å². The highest BCUT2D eigenvalue weighted by Crippen LogP contribution is 2.14. The van der Waals surface area contributed by atoms with Gasteiger partial charge in [-0.2, -0.15) is 0 Å². The maximum atomic E-state index is 5.95. The highest BCUT2D eigenvalue weighted by Gasteiger charge is 2.18. The van der Waals surface area contributed by atoms with Crippen LogP contribution in [0.15, 0.2) is 24.3 Å². The van der Waals surface area contributed by atoms with E-state index in [1.807, 2.05) is 12.1 Å². The van der Waals surface area contributed by atoms with Gasteiger partial charge in [0.05, 0.1) is 0 Å². The van der Waals surface area contributed by atoms with Gasteiger partial charge in [-0.25, -0.2) is 0 Å². The summed E-state index contributed by atoms with van der Waals surface area (Å²) in [7, 11) is 0. The molecule has 106 valence electrons. The second-order valence-corrected chi connectivity index (χ2v) is 6.44. The molecular formula is C16H25ClN2. The van der Waals surface area contributed by atoms with Crippen LogP contribution in [-0.4, -0.2) is 30.6 Å². The summed E-state index contributed by atoms with van der Waals surface area (Å²) in [4.78, 5) is 2.57. The minimum Gasteiger partial charge on any atom is -0.313 e. The van der Waals surface area contributed by atoms with Gasteiger partial charge >= 0.3 is 0 Å². The normalized spacial score (nSPS) is 19.5. The predicted molar refractivity (Wildman–Crippen MR) is 82.6 cm³/mol. The molecule has 1 aliphatic rings. The second-order valence-electron chi connectivity index (χ2n) is 6.01. The Bertz CT molecular complexity index is 369. The van der Waals surface area contributed by atoms with Gasteiger partial charge in [-0.15, -0.1) is 0 Å². The average molecular weight is 281 g/mol. The van der Waals surface area contributed by atoms with Crippen LogP contribution in [0, 0.1) is 5.92 Å². The molecule has 1 heterocycles. The average Bonchev–Trinajstić information content (AvgIpc) is 2.84. The molecule has 0 saturated carbocycles. The molecule has 0 spiro atoms. The zero-order valence-corrected chi connectivity index (χ0v) is 12.8. The van der Waals surface area contributed by atoms with Crippen molar-refractivity contribution in [3.8, 4) is 0 Å². The summed E-state index contributed by atoms with van der Waals surface area (Å²) in [5.41, 5.74) is 1.35. The van der Waals surface area contributed by atoms with Crippen molar-refractivity contribution < 1.29 is 0 Å². The van der Waals surface area contributed by atoms with E-state index in [0.717, 1.165) is 24.7 Å². The number of hydrogen-bond donors (Lipinski definition) is 1. The molecule has 0 aromatic heterocycles. The fraction of sp³-hybridized carbons (Fsp3) is 0.625. The van der Waals surface area contributed by atoms with Gasteiger partial charge in [-0.1, -0.05) is 37.6 Å². The Hall–Kier alpha value is -0.570. The fourth-order valence-electron chi connectivity index (χ4n) is 2.79. The van der Waals surface area contributed by atoms with Crippen LogP contribution in [0.25, 0.3) is 0 Å². The maximum Gasteiger partial charge on any atom is 0.0406 e. The molecule has 0 amide bonds. The molecule has 1 aliphatic heterocycles. The van der Waals surface area contributed by atoms with Gasteiger partial charge in [0.25, 0.3) is 0 Å². The van der Waals surface area contributed by atoms with E-state index >= 15 is 0 Å². The fourth-order valence-corrected chi connectivity index (χ4v) is 2.92. The topological polar surface area (TPSA) is 15.3 Å². The van der Waals surface area contributed by atoms with Crippen LogP contribution in [0.2, 0.25) is 5.02 Å². The van der Waals surface area contributed by atoms with Crippen LogP contribution in [-0.2, 0) is 6.54 Å². The van der Waals surface area contributed by atoms with Gasteiger partial charge in [0.1, 0.15) is 0 Å². The Morgan fingerprint density at radius 3 is 2.63 bits per heavy atom. The van der Waals surface area contributed by atoms with Crippen molar-refractivity contribution >= 4 is 11.6 Å². The third-order valence-electron chi connectivity index (χ3n) is 3.58. The van der Waals surface area contributed by atoms with E-state index in [1.54, 1.807) is 0 Å². The lowest BCUT2D eigenvalue weighted by atomic mass is 10.1. The van der Waals surface area contributed by atoms with Gasteiger partial charge in [0.15, 0.2) is 0 Å². The number of halogens is 1. The van der Waals surface area contributed by atoms with Crippen LogP contribution in [0.4, 0.5) is 0 Å². The Balaban J connectivity index is 1.93. The lowest BCUT2D eigenvalue weighted by Gasteiger charge is -2.27. The van der Waals surface area contributed by atoms with Crippen LogP contribution >= 0.6 is 11.6 Å². The van der Waals surface area contributed by atoms with Crippen LogP contribution < -0.4 is 5.32 Å². The first-order chi connectivity index (χ1) is 9.13. The third kappa shape index (κ3) is 5.13. The van der Waals surface area contributed by atoms with E-state index in [0.29, 0.717) is 12.0 Å². The molecule has 1 unspecified atom stereocenters. The van der Waals surface area contributed by atoms with Gasteiger partial charge < -0.3 is 5.32 Å². The standard InChI is InChI=1S/C16H25ClN2/c1-13(2)10-19(12-16-4-3-9-18-16)11-14-5-7-15(17)8-6-14/h5-8,13,16,18H,3-4,9-12H2,1-2H3. The Morgan fingerprint density at radius 1 is 1.32 bits per heavy atom. The van der Waals surface area contributed by atoms with Crippen molar-refractivity contribution in [2.75, 3.05) is 19.6 Å². The smallest absolute Gasteiger partial charge is 0.0406 e. The zero-order valence-electron chi connectivity index (χ0n) is 12.0. The molecule has 3 heteroatoms. The van der Waals surface area contributed by atoms with E-state index in [-0.39, 0.29) is 0 Å². The van der Waals surface area contributed by atoms with E-state index < -0.39 is 0 Å². The Kier molecular flexibility index (Phi) is 5.68. The SMILES string of the molecule is CC(C)CN(Cc1ccc(Cl)cc1)CC1CCCN1. The number of nitrogens with one attached hydrogen (secondary N) is 1. The van der Waals surface area contributed by atoms with Crippen molar-refractivity contribution in [1.29, 1.82) is 0 Å². The molecule has 19 heavy (non-hydrogen) atoms. The van der Waals surface area contributed by atoms with Crippen molar-refractivity contribution in [3.63, 3.8) is 0 Å². The third-order valence-corrected chi connectivity index (χ3v) is 3.84. The number of benzene rings is 1. The summed E-state index contributed by atoms with van der Waals surface area (Å²) < 4.78 is 0. The predicted octanol–water partition coefficient (Wildman–Crippen LogP) is 3.55. The van der Waals surface area contributed by atoms with E-state index in [4.69, 9.17) is 11.6 Å². The van der Waals surface area contributed by atoms with E-state index in [9.17, 15) is 0 Å². The van der Waals surface area contributed by atoms with Crippen molar-refractivity contribution in [1.82, 2.24) is 10.2 Å². The van der Waals surface area contributed by atoms with Gasteiger partial charge in [-0.3, -0.25) is 4.90 Å².